The maximum atomic E-state index is 13.4. The third kappa shape index (κ3) is 4.79. The van der Waals surface area contributed by atoms with Crippen LogP contribution in [0.4, 0.5) is 10.1 Å². The monoisotopic (exact) mass is 343 g/mol. The summed E-state index contributed by atoms with van der Waals surface area (Å²) in [6, 6.07) is 10.2. The molecule has 0 radical (unpaired) electrons. The number of carboxylic acid groups (broad SMARTS) is 1. The number of rotatable bonds is 7. The molecule has 130 valence electrons. The van der Waals surface area contributed by atoms with Gasteiger partial charge in [0.15, 0.2) is 0 Å². The van der Waals surface area contributed by atoms with Gasteiger partial charge in [-0.15, -0.1) is 0 Å². The van der Waals surface area contributed by atoms with Crippen molar-refractivity contribution in [3.05, 3.63) is 59.4 Å². The molecule has 5 nitrogen and oxygen atoms in total. The summed E-state index contributed by atoms with van der Waals surface area (Å²) in [5.41, 5.74) is 1.11. The van der Waals surface area contributed by atoms with Crippen molar-refractivity contribution < 1.29 is 23.8 Å². The minimum absolute atomic E-state index is 0.0144. The van der Waals surface area contributed by atoms with Gasteiger partial charge in [-0.25, -0.2) is 9.18 Å². The first-order valence-electron chi connectivity index (χ1n) is 8.05. The quantitative estimate of drug-likeness (QED) is 0.807. The van der Waals surface area contributed by atoms with Crippen LogP contribution in [-0.2, 0) is 11.2 Å². The Kier molecular flexibility index (Phi) is 4.97. The number of benzene rings is 2. The Labute approximate surface area is 144 Å². The molecular weight excluding hydrogens is 325 g/mol. The average Bonchev–Trinajstić information content (AvgIpc) is 3.39. The molecule has 1 saturated carbocycles. The molecular formula is C19H18FNO4. The number of hydrogen-bond acceptors (Lipinski definition) is 3. The van der Waals surface area contributed by atoms with Gasteiger partial charge in [-0.1, -0.05) is 12.1 Å². The Morgan fingerprint density at radius 3 is 2.72 bits per heavy atom. The van der Waals surface area contributed by atoms with E-state index in [0.29, 0.717) is 29.5 Å². The molecule has 0 unspecified atom stereocenters. The summed E-state index contributed by atoms with van der Waals surface area (Å²) in [7, 11) is 0. The highest BCUT2D eigenvalue weighted by Crippen LogP contribution is 2.32. The lowest BCUT2D eigenvalue weighted by Gasteiger charge is -2.12. The third-order valence-corrected chi connectivity index (χ3v) is 3.93. The van der Waals surface area contributed by atoms with Crippen LogP contribution in [-0.4, -0.2) is 23.6 Å². The molecule has 0 heterocycles. The minimum Gasteiger partial charge on any atom is -0.491 e. The van der Waals surface area contributed by atoms with E-state index in [9.17, 15) is 14.0 Å². The van der Waals surface area contributed by atoms with E-state index >= 15 is 0 Å². The highest BCUT2D eigenvalue weighted by Gasteiger charge is 2.22. The first-order valence-corrected chi connectivity index (χ1v) is 8.05. The summed E-state index contributed by atoms with van der Waals surface area (Å²) < 4.78 is 19.1. The zero-order chi connectivity index (χ0) is 17.8. The Hall–Kier alpha value is -2.89. The molecule has 3 rings (SSSR count). The Morgan fingerprint density at radius 2 is 2.00 bits per heavy atom. The van der Waals surface area contributed by atoms with Crippen molar-refractivity contribution >= 4 is 17.6 Å². The maximum Gasteiger partial charge on any atom is 0.335 e. The van der Waals surface area contributed by atoms with Crippen LogP contribution in [0.5, 0.6) is 5.75 Å². The predicted molar refractivity (Wildman–Crippen MR) is 90.4 cm³/mol. The molecule has 0 aromatic heterocycles. The molecule has 2 aromatic carbocycles. The third-order valence-electron chi connectivity index (χ3n) is 3.93. The molecule has 1 amide bonds. The van der Waals surface area contributed by atoms with Gasteiger partial charge in [-0.2, -0.15) is 0 Å². The fraction of sp³-hybridized carbons (Fsp3) is 0.263. The number of halogens is 1. The number of anilines is 1. The van der Waals surface area contributed by atoms with Gasteiger partial charge < -0.3 is 15.2 Å². The summed E-state index contributed by atoms with van der Waals surface area (Å²) in [4.78, 5) is 23.2. The topological polar surface area (TPSA) is 75.6 Å². The Morgan fingerprint density at radius 1 is 1.20 bits per heavy atom. The summed E-state index contributed by atoms with van der Waals surface area (Å²) in [5.74, 6) is -0.995. The normalized spacial score (nSPS) is 13.3. The second-order valence-electron chi connectivity index (χ2n) is 6.13. The molecule has 2 aromatic rings. The molecule has 1 aliphatic carbocycles. The molecule has 1 fully saturated rings. The number of carbonyl (C=O) groups excluding carboxylic acids is 1. The zero-order valence-corrected chi connectivity index (χ0v) is 13.5. The van der Waals surface area contributed by atoms with Crippen molar-refractivity contribution in [3.63, 3.8) is 0 Å². The number of carboxylic acids is 1. The van der Waals surface area contributed by atoms with Gasteiger partial charge in [0, 0.05) is 6.07 Å². The van der Waals surface area contributed by atoms with Crippen LogP contribution in [0.15, 0.2) is 42.5 Å². The van der Waals surface area contributed by atoms with Gasteiger partial charge in [-0.3, -0.25) is 4.79 Å². The standard InChI is InChI=1S/C19H18FNO4/c20-15-6-7-16(17(10-15)25-11-12-4-5-12)21-18(22)9-13-2-1-3-14(8-13)19(23)24/h1-3,6-8,10,12H,4-5,9,11H2,(H,21,22)(H,23,24). The molecule has 0 saturated heterocycles. The summed E-state index contributed by atoms with van der Waals surface area (Å²) in [6.45, 7) is 0.507. The number of ether oxygens (including phenoxy) is 1. The average molecular weight is 343 g/mol. The smallest absolute Gasteiger partial charge is 0.335 e. The van der Waals surface area contributed by atoms with Crippen LogP contribution in [0.2, 0.25) is 0 Å². The van der Waals surface area contributed by atoms with Gasteiger partial charge >= 0.3 is 5.97 Å². The summed E-state index contributed by atoms with van der Waals surface area (Å²) in [5, 5.41) is 11.7. The van der Waals surface area contributed by atoms with E-state index in [-0.39, 0.29) is 17.9 Å². The highest BCUT2D eigenvalue weighted by atomic mass is 19.1. The maximum absolute atomic E-state index is 13.4. The van der Waals surface area contributed by atoms with E-state index in [1.807, 2.05) is 0 Å². The number of amides is 1. The van der Waals surface area contributed by atoms with E-state index in [0.717, 1.165) is 12.8 Å². The lowest BCUT2D eigenvalue weighted by Crippen LogP contribution is -2.16. The van der Waals surface area contributed by atoms with E-state index in [2.05, 4.69) is 5.32 Å². The SMILES string of the molecule is O=C(Cc1cccc(C(=O)O)c1)Nc1ccc(F)cc1OCC1CC1. The van der Waals surface area contributed by atoms with Gasteiger partial charge in [0.1, 0.15) is 11.6 Å². The van der Waals surface area contributed by atoms with Gasteiger partial charge in [0.2, 0.25) is 5.91 Å². The molecule has 0 bridgehead atoms. The van der Waals surface area contributed by atoms with Crippen LogP contribution in [0.1, 0.15) is 28.8 Å². The zero-order valence-electron chi connectivity index (χ0n) is 13.5. The second kappa shape index (κ2) is 7.34. The molecule has 0 atom stereocenters. The number of carbonyl (C=O) groups is 2. The Balaban J connectivity index is 1.67. The van der Waals surface area contributed by atoms with Crippen LogP contribution in [0.3, 0.4) is 0 Å². The number of hydrogen-bond donors (Lipinski definition) is 2. The molecule has 2 N–H and O–H groups in total. The Bertz CT molecular complexity index is 802. The van der Waals surface area contributed by atoms with Crippen molar-refractivity contribution in [1.82, 2.24) is 0 Å². The summed E-state index contributed by atoms with van der Waals surface area (Å²) in [6.07, 6.45) is 2.23. The fourth-order valence-corrected chi connectivity index (χ4v) is 2.41. The molecule has 1 aliphatic rings. The lowest BCUT2D eigenvalue weighted by atomic mass is 10.1. The number of aromatic carboxylic acids is 1. The van der Waals surface area contributed by atoms with Crippen LogP contribution in [0, 0.1) is 11.7 Å². The van der Waals surface area contributed by atoms with E-state index < -0.39 is 11.8 Å². The van der Waals surface area contributed by atoms with Crippen molar-refractivity contribution in [2.45, 2.75) is 19.3 Å². The number of nitrogens with one attached hydrogen (secondary N) is 1. The van der Waals surface area contributed by atoms with Crippen molar-refractivity contribution in [2.24, 2.45) is 5.92 Å². The first-order chi connectivity index (χ1) is 12.0. The summed E-state index contributed by atoms with van der Waals surface area (Å²) >= 11 is 0. The molecule has 6 heteroatoms. The van der Waals surface area contributed by atoms with E-state index in [1.54, 1.807) is 12.1 Å². The van der Waals surface area contributed by atoms with Gasteiger partial charge in [0.25, 0.3) is 0 Å². The predicted octanol–water partition coefficient (Wildman–Crippen LogP) is 3.49. The molecule has 25 heavy (non-hydrogen) atoms. The largest absolute Gasteiger partial charge is 0.491 e. The lowest BCUT2D eigenvalue weighted by molar-refractivity contribution is -0.115. The highest BCUT2D eigenvalue weighted by molar-refractivity contribution is 5.94. The van der Waals surface area contributed by atoms with Gasteiger partial charge in [0.05, 0.1) is 24.3 Å². The van der Waals surface area contributed by atoms with Crippen LogP contribution in [0.25, 0.3) is 0 Å². The van der Waals surface area contributed by atoms with Crippen molar-refractivity contribution in [1.29, 1.82) is 0 Å². The van der Waals surface area contributed by atoms with Crippen molar-refractivity contribution in [2.75, 3.05) is 11.9 Å². The van der Waals surface area contributed by atoms with E-state index in [4.69, 9.17) is 9.84 Å². The van der Waals surface area contributed by atoms with Crippen LogP contribution < -0.4 is 10.1 Å². The molecule has 0 aliphatic heterocycles. The van der Waals surface area contributed by atoms with Crippen molar-refractivity contribution in [3.8, 4) is 5.75 Å². The van der Waals surface area contributed by atoms with Gasteiger partial charge in [-0.05, 0) is 48.6 Å². The van der Waals surface area contributed by atoms with Crippen LogP contribution >= 0.6 is 0 Å². The van der Waals surface area contributed by atoms with E-state index in [1.165, 1.54) is 30.3 Å². The second-order valence-corrected chi connectivity index (χ2v) is 6.13. The first kappa shape index (κ1) is 17.0. The molecule has 0 spiro atoms. The fourth-order valence-electron chi connectivity index (χ4n) is 2.41. The minimum atomic E-state index is -1.04.